The average Bonchev–Trinajstić information content (AvgIpc) is 2.39. The quantitative estimate of drug-likeness (QED) is 0.925. The lowest BCUT2D eigenvalue weighted by Crippen LogP contribution is -2.42. The Bertz CT molecular complexity index is 469. The molecule has 1 N–H and O–H groups in total. The van der Waals surface area contributed by atoms with Gasteiger partial charge in [-0.25, -0.2) is 4.79 Å². The van der Waals surface area contributed by atoms with Crippen LogP contribution in [0.4, 0.5) is 5.69 Å². The van der Waals surface area contributed by atoms with E-state index in [4.69, 9.17) is 16.7 Å². The zero-order chi connectivity index (χ0) is 14.0. The van der Waals surface area contributed by atoms with E-state index >= 15 is 0 Å². The van der Waals surface area contributed by atoms with E-state index in [1.165, 1.54) is 0 Å². The van der Waals surface area contributed by atoms with Gasteiger partial charge in [-0.1, -0.05) is 11.6 Å². The van der Waals surface area contributed by atoms with E-state index in [2.05, 4.69) is 23.9 Å². The van der Waals surface area contributed by atoms with E-state index in [0.29, 0.717) is 11.1 Å². The number of halogens is 1. The fraction of sp³-hybridized carbons (Fsp3) is 0.500. The van der Waals surface area contributed by atoms with Crippen LogP contribution in [0.3, 0.4) is 0 Å². The molecule has 0 radical (unpaired) electrons. The van der Waals surface area contributed by atoms with Gasteiger partial charge in [-0.2, -0.15) is 0 Å². The molecule has 104 valence electrons. The molecule has 0 unspecified atom stereocenters. The molecular weight excluding hydrogens is 264 g/mol. The Morgan fingerprint density at radius 1 is 1.37 bits per heavy atom. The van der Waals surface area contributed by atoms with Crippen LogP contribution in [0.5, 0.6) is 0 Å². The van der Waals surface area contributed by atoms with E-state index in [0.717, 1.165) is 31.6 Å². The topological polar surface area (TPSA) is 43.8 Å². The van der Waals surface area contributed by atoms with Crippen molar-refractivity contribution in [2.75, 3.05) is 32.1 Å². The van der Waals surface area contributed by atoms with Gasteiger partial charge in [0.05, 0.1) is 10.6 Å². The predicted molar refractivity (Wildman–Crippen MR) is 77.3 cm³/mol. The van der Waals surface area contributed by atoms with Crippen molar-refractivity contribution in [2.24, 2.45) is 0 Å². The van der Waals surface area contributed by atoms with Crippen LogP contribution in [0.2, 0.25) is 5.02 Å². The highest BCUT2D eigenvalue weighted by Gasteiger charge is 2.21. The number of nitrogens with zero attached hydrogens (tertiary/aromatic N) is 2. The molecule has 1 aromatic carbocycles. The molecule has 1 aliphatic heterocycles. The molecule has 4 nitrogen and oxygen atoms in total. The van der Waals surface area contributed by atoms with Gasteiger partial charge in [0.2, 0.25) is 0 Å². The summed E-state index contributed by atoms with van der Waals surface area (Å²) in [4.78, 5) is 15.6. The van der Waals surface area contributed by atoms with Crippen molar-refractivity contribution in [2.45, 2.75) is 18.9 Å². The second-order valence-corrected chi connectivity index (χ2v) is 5.56. The van der Waals surface area contributed by atoms with Gasteiger partial charge in [0.15, 0.2) is 0 Å². The molecule has 0 amide bonds. The summed E-state index contributed by atoms with van der Waals surface area (Å²) in [7, 11) is 4.20. The maximum Gasteiger partial charge on any atom is 0.337 e. The van der Waals surface area contributed by atoms with Gasteiger partial charge in [-0.15, -0.1) is 0 Å². The van der Waals surface area contributed by atoms with Crippen LogP contribution in [0.25, 0.3) is 0 Å². The summed E-state index contributed by atoms with van der Waals surface area (Å²) in [5, 5.41) is 9.38. The Balaban J connectivity index is 2.12. The summed E-state index contributed by atoms with van der Waals surface area (Å²) in [6, 6.07) is 5.84. The number of carbonyl (C=O) groups is 1. The number of anilines is 1. The van der Waals surface area contributed by atoms with Crippen LogP contribution < -0.4 is 4.90 Å². The zero-order valence-corrected chi connectivity index (χ0v) is 12.0. The van der Waals surface area contributed by atoms with Gasteiger partial charge in [0.25, 0.3) is 0 Å². The molecule has 0 aliphatic carbocycles. The molecule has 1 saturated heterocycles. The van der Waals surface area contributed by atoms with Crippen LogP contribution in [-0.2, 0) is 0 Å². The maximum absolute atomic E-state index is 11.1. The van der Waals surface area contributed by atoms with Crippen LogP contribution in [0, 0.1) is 0 Å². The van der Waals surface area contributed by atoms with Crippen LogP contribution >= 0.6 is 11.6 Å². The zero-order valence-electron chi connectivity index (χ0n) is 11.3. The van der Waals surface area contributed by atoms with Gasteiger partial charge in [-0.3, -0.25) is 0 Å². The minimum Gasteiger partial charge on any atom is -0.478 e. The lowest BCUT2D eigenvalue weighted by molar-refractivity contribution is 0.0697. The Kier molecular flexibility index (Phi) is 4.32. The molecular formula is C14H19ClN2O2. The molecule has 1 fully saturated rings. The fourth-order valence-electron chi connectivity index (χ4n) is 2.51. The van der Waals surface area contributed by atoms with E-state index < -0.39 is 5.97 Å². The number of hydrogen-bond donors (Lipinski definition) is 1. The molecule has 19 heavy (non-hydrogen) atoms. The van der Waals surface area contributed by atoms with Crippen molar-refractivity contribution in [1.82, 2.24) is 4.90 Å². The lowest BCUT2D eigenvalue weighted by Gasteiger charge is -2.36. The molecule has 0 bridgehead atoms. The Labute approximate surface area is 118 Å². The first kappa shape index (κ1) is 14.2. The molecule has 2 rings (SSSR count). The van der Waals surface area contributed by atoms with Crippen molar-refractivity contribution in [1.29, 1.82) is 0 Å². The summed E-state index contributed by atoms with van der Waals surface area (Å²) in [5.74, 6) is -0.977. The minimum atomic E-state index is -0.977. The second-order valence-electron chi connectivity index (χ2n) is 5.15. The molecule has 0 spiro atoms. The Morgan fingerprint density at radius 3 is 2.53 bits per heavy atom. The summed E-state index contributed by atoms with van der Waals surface area (Å²) in [5.41, 5.74) is 1.12. The smallest absolute Gasteiger partial charge is 0.337 e. The molecule has 0 atom stereocenters. The third kappa shape index (κ3) is 3.19. The molecule has 1 aliphatic rings. The molecule has 0 aromatic heterocycles. The number of carboxylic acid groups (broad SMARTS) is 1. The molecule has 5 heteroatoms. The number of benzene rings is 1. The summed E-state index contributed by atoms with van der Waals surface area (Å²) < 4.78 is 0. The summed E-state index contributed by atoms with van der Waals surface area (Å²) in [6.07, 6.45) is 2.19. The molecule has 1 aromatic rings. The number of hydrogen-bond acceptors (Lipinski definition) is 3. The highest BCUT2D eigenvalue weighted by molar-refractivity contribution is 6.33. The van der Waals surface area contributed by atoms with Crippen molar-refractivity contribution in [3.8, 4) is 0 Å². The summed E-state index contributed by atoms with van der Waals surface area (Å²) >= 11 is 5.89. The largest absolute Gasteiger partial charge is 0.478 e. The standard InChI is InChI=1S/C14H19ClN2O2/c1-16(2)10-5-7-17(8-6-10)11-3-4-13(15)12(9-11)14(18)19/h3-4,9-10H,5-8H2,1-2H3,(H,18,19). The first-order valence-electron chi connectivity index (χ1n) is 6.43. The maximum atomic E-state index is 11.1. The van der Waals surface area contributed by atoms with Crippen LogP contribution in [0.1, 0.15) is 23.2 Å². The first-order chi connectivity index (χ1) is 8.99. The average molecular weight is 283 g/mol. The first-order valence-corrected chi connectivity index (χ1v) is 6.81. The van der Waals surface area contributed by atoms with Gasteiger partial charge in [0.1, 0.15) is 0 Å². The predicted octanol–water partition coefficient (Wildman–Crippen LogP) is 2.57. The Morgan fingerprint density at radius 2 is 2.00 bits per heavy atom. The Hall–Kier alpha value is -1.26. The fourth-order valence-corrected chi connectivity index (χ4v) is 2.71. The SMILES string of the molecule is CN(C)C1CCN(c2ccc(Cl)c(C(=O)O)c2)CC1. The normalized spacial score (nSPS) is 16.9. The molecule has 1 heterocycles. The van der Waals surface area contributed by atoms with E-state index in [-0.39, 0.29) is 5.56 Å². The van der Waals surface area contributed by atoms with Gasteiger partial charge in [-0.05, 0) is 45.1 Å². The number of piperidine rings is 1. The highest BCUT2D eigenvalue weighted by Crippen LogP contribution is 2.26. The van der Waals surface area contributed by atoms with E-state index in [1.807, 2.05) is 6.07 Å². The number of rotatable bonds is 3. The van der Waals surface area contributed by atoms with Crippen molar-refractivity contribution < 1.29 is 9.90 Å². The monoisotopic (exact) mass is 282 g/mol. The minimum absolute atomic E-state index is 0.175. The van der Waals surface area contributed by atoms with Gasteiger partial charge >= 0.3 is 5.97 Å². The molecule has 0 saturated carbocycles. The second kappa shape index (κ2) is 5.80. The van der Waals surface area contributed by atoms with Gasteiger partial charge < -0.3 is 14.9 Å². The summed E-state index contributed by atoms with van der Waals surface area (Å²) in [6.45, 7) is 1.90. The van der Waals surface area contributed by atoms with Crippen molar-refractivity contribution in [3.05, 3.63) is 28.8 Å². The lowest BCUT2D eigenvalue weighted by atomic mass is 10.0. The van der Waals surface area contributed by atoms with Crippen LogP contribution in [-0.4, -0.2) is 49.2 Å². The highest BCUT2D eigenvalue weighted by atomic mass is 35.5. The van der Waals surface area contributed by atoms with Crippen molar-refractivity contribution in [3.63, 3.8) is 0 Å². The third-order valence-electron chi connectivity index (χ3n) is 3.74. The van der Waals surface area contributed by atoms with E-state index in [1.54, 1.807) is 12.1 Å². The van der Waals surface area contributed by atoms with Crippen LogP contribution in [0.15, 0.2) is 18.2 Å². The van der Waals surface area contributed by atoms with Gasteiger partial charge in [0, 0.05) is 24.8 Å². The number of aromatic carboxylic acids is 1. The number of carboxylic acids is 1. The van der Waals surface area contributed by atoms with E-state index in [9.17, 15) is 4.79 Å². The van der Waals surface area contributed by atoms with Crippen molar-refractivity contribution >= 4 is 23.3 Å². The third-order valence-corrected chi connectivity index (χ3v) is 4.07.